The molecule has 0 atom stereocenters. The van der Waals surface area contributed by atoms with Gasteiger partial charge in [0, 0.05) is 19.3 Å². The quantitative estimate of drug-likeness (QED) is 0.878. The number of amides is 1. The summed E-state index contributed by atoms with van der Waals surface area (Å²) >= 11 is 0. The summed E-state index contributed by atoms with van der Waals surface area (Å²) in [6.07, 6.45) is -2.87. The van der Waals surface area contributed by atoms with Crippen LogP contribution in [0.1, 0.15) is 29.9 Å². The standard InChI is InChI=1S/C13H14F3N5O3/c1-12(2,11(23)24)21-5-4-8(19-21)18-10(22)9-7(13(14,15)16)6-17-20(9)3/h4-6H,1-3H3,(H,23,24)(H,18,19,22). The molecule has 0 fully saturated rings. The summed E-state index contributed by atoms with van der Waals surface area (Å²) in [6.45, 7) is 2.77. The van der Waals surface area contributed by atoms with Crippen molar-refractivity contribution in [3.05, 3.63) is 29.7 Å². The van der Waals surface area contributed by atoms with E-state index in [1.54, 1.807) is 0 Å². The van der Waals surface area contributed by atoms with Crippen molar-refractivity contribution in [3.63, 3.8) is 0 Å². The third-order valence-corrected chi connectivity index (χ3v) is 3.39. The number of alkyl halides is 3. The Bertz CT molecular complexity index is 791. The van der Waals surface area contributed by atoms with Gasteiger partial charge in [0.1, 0.15) is 11.3 Å². The van der Waals surface area contributed by atoms with Crippen molar-refractivity contribution < 1.29 is 27.9 Å². The monoisotopic (exact) mass is 345 g/mol. The highest BCUT2D eigenvalue weighted by atomic mass is 19.4. The first kappa shape index (κ1) is 17.5. The molecule has 2 rings (SSSR count). The fraction of sp³-hybridized carbons (Fsp3) is 0.385. The predicted molar refractivity (Wildman–Crippen MR) is 75.3 cm³/mol. The molecule has 2 N–H and O–H groups in total. The molecule has 24 heavy (non-hydrogen) atoms. The van der Waals surface area contributed by atoms with Crippen LogP contribution in [-0.2, 0) is 23.6 Å². The minimum atomic E-state index is -4.73. The van der Waals surface area contributed by atoms with Crippen LogP contribution in [0.25, 0.3) is 0 Å². The molecule has 0 spiro atoms. The van der Waals surface area contributed by atoms with Gasteiger partial charge < -0.3 is 10.4 Å². The fourth-order valence-electron chi connectivity index (χ4n) is 1.89. The molecule has 0 aromatic carbocycles. The summed E-state index contributed by atoms with van der Waals surface area (Å²) in [6, 6.07) is 1.28. The van der Waals surface area contributed by atoms with Crippen molar-refractivity contribution in [2.75, 3.05) is 5.32 Å². The number of aromatic nitrogens is 4. The molecule has 0 radical (unpaired) electrons. The van der Waals surface area contributed by atoms with E-state index in [1.165, 1.54) is 33.2 Å². The Morgan fingerprint density at radius 3 is 2.46 bits per heavy atom. The van der Waals surface area contributed by atoms with Gasteiger partial charge in [-0.15, -0.1) is 0 Å². The largest absolute Gasteiger partial charge is 0.479 e. The van der Waals surface area contributed by atoms with E-state index in [1.807, 2.05) is 0 Å². The first-order chi connectivity index (χ1) is 10.9. The van der Waals surface area contributed by atoms with Crippen LogP contribution in [0.2, 0.25) is 0 Å². The number of carboxylic acid groups (broad SMARTS) is 1. The van der Waals surface area contributed by atoms with Gasteiger partial charge in [0.2, 0.25) is 0 Å². The molecule has 2 aromatic rings. The Labute approximate surface area is 133 Å². The van der Waals surface area contributed by atoms with Gasteiger partial charge in [-0.25, -0.2) is 4.79 Å². The number of anilines is 1. The van der Waals surface area contributed by atoms with Crippen molar-refractivity contribution in [2.24, 2.45) is 7.05 Å². The molecule has 0 aliphatic rings. The number of carbonyl (C=O) groups is 2. The molecule has 0 saturated carbocycles. The number of carboxylic acids is 1. The van der Waals surface area contributed by atoms with Gasteiger partial charge in [0.15, 0.2) is 11.4 Å². The maximum atomic E-state index is 12.9. The van der Waals surface area contributed by atoms with E-state index in [9.17, 15) is 22.8 Å². The number of aliphatic carboxylic acids is 1. The Hall–Kier alpha value is -2.85. The Kier molecular flexibility index (Phi) is 4.12. The van der Waals surface area contributed by atoms with Crippen LogP contribution >= 0.6 is 0 Å². The molecule has 0 bridgehead atoms. The summed E-state index contributed by atoms with van der Waals surface area (Å²) < 4.78 is 40.6. The van der Waals surface area contributed by atoms with Crippen molar-refractivity contribution in [1.82, 2.24) is 19.6 Å². The lowest BCUT2D eigenvalue weighted by molar-refractivity contribution is -0.146. The lowest BCUT2D eigenvalue weighted by atomic mass is 10.1. The smallest absolute Gasteiger partial charge is 0.420 e. The highest BCUT2D eigenvalue weighted by molar-refractivity contribution is 6.03. The number of hydrogen-bond acceptors (Lipinski definition) is 4. The van der Waals surface area contributed by atoms with E-state index in [0.29, 0.717) is 6.20 Å². The Morgan fingerprint density at radius 1 is 1.29 bits per heavy atom. The maximum absolute atomic E-state index is 12.9. The van der Waals surface area contributed by atoms with Crippen LogP contribution in [0.4, 0.5) is 19.0 Å². The van der Waals surface area contributed by atoms with Gasteiger partial charge in [-0.1, -0.05) is 0 Å². The zero-order valence-corrected chi connectivity index (χ0v) is 12.9. The zero-order chi connectivity index (χ0) is 18.3. The van der Waals surface area contributed by atoms with Crippen molar-refractivity contribution in [2.45, 2.75) is 25.6 Å². The van der Waals surface area contributed by atoms with Crippen LogP contribution in [0.15, 0.2) is 18.5 Å². The molecular weight excluding hydrogens is 331 g/mol. The molecule has 2 aromatic heterocycles. The van der Waals surface area contributed by atoms with Crippen molar-refractivity contribution >= 4 is 17.7 Å². The minimum absolute atomic E-state index is 0.0800. The van der Waals surface area contributed by atoms with E-state index in [4.69, 9.17) is 5.11 Å². The third-order valence-electron chi connectivity index (χ3n) is 3.39. The van der Waals surface area contributed by atoms with Crippen molar-refractivity contribution in [3.8, 4) is 0 Å². The number of halogens is 3. The first-order valence-electron chi connectivity index (χ1n) is 6.64. The van der Waals surface area contributed by atoms with Gasteiger partial charge in [-0.05, 0) is 13.8 Å². The number of hydrogen-bond donors (Lipinski definition) is 2. The summed E-state index contributed by atoms with van der Waals surface area (Å²) in [5, 5.41) is 18.6. The average molecular weight is 345 g/mol. The van der Waals surface area contributed by atoms with E-state index in [-0.39, 0.29) is 5.82 Å². The highest BCUT2D eigenvalue weighted by Crippen LogP contribution is 2.31. The lowest BCUT2D eigenvalue weighted by Gasteiger charge is -2.19. The molecule has 8 nitrogen and oxygen atoms in total. The average Bonchev–Trinajstić information content (AvgIpc) is 3.04. The summed E-state index contributed by atoms with van der Waals surface area (Å²) in [5.74, 6) is -2.29. The summed E-state index contributed by atoms with van der Waals surface area (Å²) in [7, 11) is 1.20. The normalized spacial score (nSPS) is 12.2. The Balaban J connectivity index is 2.28. The number of aryl methyl sites for hydroxylation is 1. The second kappa shape index (κ2) is 5.65. The van der Waals surface area contributed by atoms with Crippen molar-refractivity contribution in [1.29, 1.82) is 0 Å². The van der Waals surface area contributed by atoms with Gasteiger partial charge in [-0.2, -0.15) is 23.4 Å². The van der Waals surface area contributed by atoms with Crippen LogP contribution in [-0.4, -0.2) is 36.5 Å². The number of carbonyl (C=O) groups excluding carboxylic acids is 1. The Morgan fingerprint density at radius 2 is 1.92 bits per heavy atom. The van der Waals surface area contributed by atoms with Gasteiger partial charge in [-0.3, -0.25) is 14.2 Å². The lowest BCUT2D eigenvalue weighted by Crippen LogP contribution is -2.36. The second-order valence-corrected chi connectivity index (χ2v) is 5.49. The second-order valence-electron chi connectivity index (χ2n) is 5.49. The number of nitrogens with one attached hydrogen (secondary N) is 1. The number of rotatable bonds is 4. The molecule has 0 unspecified atom stereocenters. The van der Waals surface area contributed by atoms with E-state index in [2.05, 4.69) is 15.5 Å². The minimum Gasteiger partial charge on any atom is -0.479 e. The van der Waals surface area contributed by atoms with Crippen LogP contribution in [0, 0.1) is 0 Å². The molecule has 0 saturated heterocycles. The SMILES string of the molecule is Cn1ncc(C(F)(F)F)c1C(=O)Nc1ccn(C(C)(C)C(=O)O)n1. The van der Waals surface area contributed by atoms with Gasteiger partial charge in [0.05, 0.1) is 6.20 Å². The molecule has 1 amide bonds. The first-order valence-corrected chi connectivity index (χ1v) is 6.64. The van der Waals surface area contributed by atoms with E-state index >= 15 is 0 Å². The van der Waals surface area contributed by atoms with Crippen LogP contribution in [0.5, 0.6) is 0 Å². The zero-order valence-electron chi connectivity index (χ0n) is 12.9. The van der Waals surface area contributed by atoms with E-state index < -0.39 is 34.8 Å². The molecule has 2 heterocycles. The molecule has 0 aliphatic carbocycles. The van der Waals surface area contributed by atoms with Gasteiger partial charge in [0.25, 0.3) is 5.91 Å². The molecule has 0 aliphatic heterocycles. The third kappa shape index (κ3) is 3.09. The van der Waals surface area contributed by atoms with Gasteiger partial charge >= 0.3 is 12.1 Å². The molecule has 130 valence electrons. The van der Waals surface area contributed by atoms with Crippen LogP contribution < -0.4 is 5.32 Å². The fourth-order valence-corrected chi connectivity index (χ4v) is 1.89. The topological polar surface area (TPSA) is 102 Å². The predicted octanol–water partition coefficient (Wildman–Crippen LogP) is 1.71. The molecular formula is C13H14F3N5O3. The maximum Gasteiger partial charge on any atom is 0.420 e. The summed E-state index contributed by atoms with van der Waals surface area (Å²) in [5.41, 5.74) is -3.23. The summed E-state index contributed by atoms with van der Waals surface area (Å²) in [4.78, 5) is 23.3. The van der Waals surface area contributed by atoms with E-state index in [0.717, 1.165) is 9.36 Å². The highest BCUT2D eigenvalue weighted by Gasteiger charge is 2.38. The van der Waals surface area contributed by atoms with Crippen LogP contribution in [0.3, 0.4) is 0 Å². The molecule has 11 heteroatoms. The number of nitrogens with zero attached hydrogens (tertiary/aromatic N) is 4.